The number of anilines is 1. The summed E-state index contributed by atoms with van der Waals surface area (Å²) in [5.41, 5.74) is 0.0411. The van der Waals surface area contributed by atoms with E-state index in [-0.39, 0.29) is 22.8 Å². The molecule has 0 aliphatic rings. The van der Waals surface area contributed by atoms with Crippen LogP contribution in [0.4, 0.5) is 5.69 Å². The molecule has 0 saturated heterocycles. The number of Topliss-reactive ketones (excluding diaryl/α,β-unsaturated/α-hetero) is 1. The number of carbonyl (C=O) groups is 3. The molecular formula is C23H28N2O8S. The molecule has 2 aromatic carbocycles. The highest BCUT2D eigenvalue weighted by atomic mass is 32.2. The second-order valence-electron chi connectivity index (χ2n) is 7.41. The summed E-state index contributed by atoms with van der Waals surface area (Å²) < 4.78 is 40.3. The predicted octanol–water partition coefficient (Wildman–Crippen LogP) is 3.02. The van der Waals surface area contributed by atoms with Crippen molar-refractivity contribution in [2.24, 2.45) is 5.14 Å². The van der Waals surface area contributed by atoms with Crippen molar-refractivity contribution >= 4 is 33.4 Å². The first-order chi connectivity index (χ1) is 16.0. The molecule has 0 radical (unpaired) electrons. The van der Waals surface area contributed by atoms with Gasteiger partial charge in [-0.3, -0.25) is 4.79 Å². The van der Waals surface area contributed by atoms with Crippen LogP contribution < -0.4 is 15.2 Å². The van der Waals surface area contributed by atoms with E-state index in [1.54, 1.807) is 30.3 Å². The Labute approximate surface area is 198 Å². The van der Waals surface area contributed by atoms with Crippen molar-refractivity contribution < 1.29 is 37.0 Å². The van der Waals surface area contributed by atoms with Gasteiger partial charge in [-0.15, -0.1) is 0 Å². The van der Waals surface area contributed by atoms with Crippen LogP contribution in [0.2, 0.25) is 0 Å². The first kappa shape index (κ1) is 26.8. The van der Waals surface area contributed by atoms with Crippen LogP contribution in [0.3, 0.4) is 0 Å². The first-order valence-electron chi connectivity index (χ1n) is 10.6. The maximum atomic E-state index is 12.6. The molecule has 3 N–H and O–H groups in total. The molecule has 0 bridgehead atoms. The fourth-order valence-electron chi connectivity index (χ4n) is 2.70. The van der Waals surface area contributed by atoms with E-state index in [1.807, 2.05) is 6.92 Å². The number of esters is 2. The zero-order valence-corrected chi connectivity index (χ0v) is 20.0. The number of primary sulfonamides is 1. The molecule has 11 heteroatoms. The van der Waals surface area contributed by atoms with Crippen molar-refractivity contribution in [3.8, 4) is 11.5 Å². The van der Waals surface area contributed by atoms with Crippen molar-refractivity contribution in [1.82, 2.24) is 0 Å². The molecule has 184 valence electrons. The molecule has 10 nitrogen and oxygen atoms in total. The minimum Gasteiger partial charge on any atom is -0.454 e. The molecular weight excluding hydrogens is 464 g/mol. The fourth-order valence-corrected chi connectivity index (χ4v) is 3.40. The summed E-state index contributed by atoms with van der Waals surface area (Å²) in [5, 5.41) is 8.48. The van der Waals surface area contributed by atoms with Crippen molar-refractivity contribution in [1.29, 1.82) is 0 Å². The van der Waals surface area contributed by atoms with Crippen LogP contribution in [-0.2, 0) is 29.1 Å². The first-order valence-corrected chi connectivity index (χ1v) is 12.1. The lowest BCUT2D eigenvalue weighted by molar-refractivity contribution is -0.156. The van der Waals surface area contributed by atoms with Gasteiger partial charge >= 0.3 is 11.9 Å². The Morgan fingerprint density at radius 3 is 2.38 bits per heavy atom. The van der Waals surface area contributed by atoms with E-state index in [0.29, 0.717) is 12.3 Å². The van der Waals surface area contributed by atoms with Gasteiger partial charge in [-0.1, -0.05) is 31.5 Å². The molecule has 1 atom stereocenters. The van der Waals surface area contributed by atoms with Gasteiger partial charge in [0.2, 0.25) is 10.0 Å². The summed E-state index contributed by atoms with van der Waals surface area (Å²) in [7, 11) is -4.32. The summed E-state index contributed by atoms with van der Waals surface area (Å²) in [5.74, 6) is -1.98. The Kier molecular flexibility index (Phi) is 9.58. The predicted molar refractivity (Wildman–Crippen MR) is 124 cm³/mol. The number of rotatable bonds is 12. The Morgan fingerprint density at radius 1 is 1.12 bits per heavy atom. The van der Waals surface area contributed by atoms with Gasteiger partial charge in [0.25, 0.3) is 0 Å². The van der Waals surface area contributed by atoms with Gasteiger partial charge in [0.05, 0.1) is 11.3 Å². The highest BCUT2D eigenvalue weighted by molar-refractivity contribution is 7.89. The number of ether oxygens (including phenoxy) is 3. The van der Waals surface area contributed by atoms with E-state index < -0.39 is 39.6 Å². The Bertz CT molecular complexity index is 1130. The highest BCUT2D eigenvalue weighted by Crippen LogP contribution is 2.37. The van der Waals surface area contributed by atoms with Gasteiger partial charge in [-0.2, -0.15) is 0 Å². The number of sulfonamides is 1. The van der Waals surface area contributed by atoms with Crippen LogP contribution in [0.1, 0.15) is 44.0 Å². The molecule has 0 heterocycles. The minimum absolute atomic E-state index is 0.0731. The summed E-state index contributed by atoms with van der Waals surface area (Å²) in [6.45, 7) is 4.34. The highest BCUT2D eigenvalue weighted by Gasteiger charge is 2.25. The second kappa shape index (κ2) is 12.1. The molecule has 0 amide bonds. The van der Waals surface area contributed by atoms with Crippen LogP contribution in [0.5, 0.6) is 11.5 Å². The van der Waals surface area contributed by atoms with Gasteiger partial charge in [0.15, 0.2) is 24.2 Å². The molecule has 0 spiro atoms. The number of para-hydroxylation sites is 1. The third-order valence-electron chi connectivity index (χ3n) is 4.61. The van der Waals surface area contributed by atoms with E-state index in [2.05, 4.69) is 5.32 Å². The summed E-state index contributed by atoms with van der Waals surface area (Å²) in [6, 6.07) is 10.9. The van der Waals surface area contributed by atoms with Crippen molar-refractivity contribution in [2.75, 3.05) is 18.5 Å². The standard InChI is InChI=1S/C23H28N2O8S/c1-4-5-11-25-19-12-17(23(28)31-14-21(27)32-16(3)15(2)26)13-20(34(24,29)30)22(19)33-18-9-7-6-8-10-18/h6-10,12-13,16,25H,4-5,11,14H2,1-3H3,(H2,24,29,30). The van der Waals surface area contributed by atoms with Gasteiger partial charge in [0, 0.05) is 6.54 Å². The van der Waals surface area contributed by atoms with Gasteiger partial charge in [-0.25, -0.2) is 23.1 Å². The third-order valence-corrected chi connectivity index (χ3v) is 5.52. The number of unbranched alkanes of at least 4 members (excludes halogenated alkanes) is 1. The topological polar surface area (TPSA) is 151 Å². The van der Waals surface area contributed by atoms with Gasteiger partial charge in [0.1, 0.15) is 10.6 Å². The van der Waals surface area contributed by atoms with E-state index in [4.69, 9.17) is 19.3 Å². The lowest BCUT2D eigenvalue weighted by Crippen LogP contribution is -2.25. The molecule has 0 fully saturated rings. The van der Waals surface area contributed by atoms with Crippen LogP contribution in [-0.4, -0.2) is 45.4 Å². The van der Waals surface area contributed by atoms with Gasteiger partial charge in [-0.05, 0) is 44.5 Å². The molecule has 2 aromatic rings. The number of carbonyl (C=O) groups excluding carboxylic acids is 3. The van der Waals surface area contributed by atoms with Crippen molar-refractivity contribution in [3.63, 3.8) is 0 Å². The zero-order valence-electron chi connectivity index (χ0n) is 19.2. The average Bonchev–Trinajstić information content (AvgIpc) is 2.78. The van der Waals surface area contributed by atoms with E-state index in [9.17, 15) is 22.8 Å². The number of hydrogen-bond acceptors (Lipinski definition) is 9. The maximum Gasteiger partial charge on any atom is 0.344 e. The van der Waals surface area contributed by atoms with E-state index in [1.165, 1.54) is 19.9 Å². The van der Waals surface area contributed by atoms with Crippen LogP contribution >= 0.6 is 0 Å². The third kappa shape index (κ3) is 7.85. The smallest absolute Gasteiger partial charge is 0.344 e. The van der Waals surface area contributed by atoms with Crippen molar-refractivity contribution in [3.05, 3.63) is 48.0 Å². The molecule has 2 rings (SSSR count). The fraction of sp³-hybridized carbons (Fsp3) is 0.348. The van der Waals surface area contributed by atoms with Gasteiger partial charge < -0.3 is 19.5 Å². The molecule has 0 aliphatic heterocycles. The summed E-state index contributed by atoms with van der Waals surface area (Å²) in [6.07, 6.45) is 0.653. The SMILES string of the molecule is CCCCNc1cc(C(=O)OCC(=O)OC(C)C(C)=O)cc(S(N)(=O)=O)c1Oc1ccccc1. The molecule has 34 heavy (non-hydrogen) atoms. The number of benzene rings is 2. The van der Waals surface area contributed by atoms with Crippen molar-refractivity contribution in [2.45, 2.75) is 44.6 Å². The molecule has 0 aliphatic carbocycles. The van der Waals surface area contributed by atoms with Crippen LogP contribution in [0.15, 0.2) is 47.4 Å². The Hall–Kier alpha value is -3.44. The largest absolute Gasteiger partial charge is 0.454 e. The van der Waals surface area contributed by atoms with E-state index >= 15 is 0 Å². The summed E-state index contributed by atoms with van der Waals surface area (Å²) >= 11 is 0. The maximum absolute atomic E-state index is 12.6. The molecule has 0 saturated carbocycles. The normalized spacial score (nSPS) is 11.9. The quantitative estimate of drug-likeness (QED) is 0.336. The second-order valence-corrected chi connectivity index (χ2v) is 8.94. The lowest BCUT2D eigenvalue weighted by atomic mass is 10.1. The molecule has 0 aromatic heterocycles. The lowest BCUT2D eigenvalue weighted by Gasteiger charge is -2.18. The molecule has 1 unspecified atom stereocenters. The number of hydrogen-bond donors (Lipinski definition) is 2. The Morgan fingerprint density at radius 2 is 1.79 bits per heavy atom. The number of nitrogens with two attached hydrogens (primary N) is 1. The minimum atomic E-state index is -4.32. The number of ketones is 1. The van der Waals surface area contributed by atoms with E-state index in [0.717, 1.165) is 18.9 Å². The zero-order chi connectivity index (χ0) is 25.3. The Balaban J connectivity index is 2.38. The number of nitrogens with one attached hydrogen (secondary N) is 1. The monoisotopic (exact) mass is 492 g/mol. The average molecular weight is 493 g/mol. The van der Waals surface area contributed by atoms with Crippen LogP contribution in [0, 0.1) is 0 Å². The summed E-state index contributed by atoms with van der Waals surface area (Å²) in [4.78, 5) is 35.2. The van der Waals surface area contributed by atoms with Crippen LogP contribution in [0.25, 0.3) is 0 Å².